The fourth-order valence-electron chi connectivity index (χ4n) is 2.32. The lowest BCUT2D eigenvalue weighted by Gasteiger charge is -2.10. The van der Waals surface area contributed by atoms with E-state index in [-0.39, 0.29) is 0 Å². The van der Waals surface area contributed by atoms with Gasteiger partial charge in [0.25, 0.3) is 0 Å². The number of aromatic nitrogens is 1. The molecular formula is C18H18N4O2. The third kappa shape index (κ3) is 3.27. The zero-order valence-corrected chi connectivity index (χ0v) is 13.5. The number of carbonyl (C=O) groups is 1. The van der Waals surface area contributed by atoms with E-state index in [4.69, 9.17) is 10.5 Å². The van der Waals surface area contributed by atoms with Gasteiger partial charge in [0.15, 0.2) is 11.9 Å². The monoisotopic (exact) mass is 322 g/mol. The summed E-state index contributed by atoms with van der Waals surface area (Å²) in [4.78, 5) is 15.0. The molecule has 24 heavy (non-hydrogen) atoms. The zero-order chi connectivity index (χ0) is 17.1. The van der Waals surface area contributed by atoms with Crippen molar-refractivity contribution in [2.75, 3.05) is 5.73 Å². The number of nitrogens with one attached hydrogen (secondary N) is 1. The number of benzene rings is 2. The first kappa shape index (κ1) is 15.7. The zero-order valence-electron chi connectivity index (χ0n) is 13.5. The van der Waals surface area contributed by atoms with Gasteiger partial charge in [0.05, 0.1) is 0 Å². The van der Waals surface area contributed by atoms with E-state index in [2.05, 4.69) is 15.2 Å². The Bertz CT molecular complexity index is 897. The number of nitrogens with two attached hydrogens (primary N) is 1. The van der Waals surface area contributed by atoms with E-state index in [1.165, 1.54) is 0 Å². The Kier molecular flexibility index (Phi) is 4.29. The SMILES string of the molecule is Cc1ccc(O[C@@H](C)C(=O)N=Nc2[nH]c(N)c3ccccc23)cc1. The molecule has 3 N–H and O–H groups in total. The van der Waals surface area contributed by atoms with Crippen molar-refractivity contribution >= 4 is 28.3 Å². The molecule has 1 atom stereocenters. The maximum atomic E-state index is 12.1. The van der Waals surface area contributed by atoms with Crippen LogP contribution in [0.1, 0.15) is 12.5 Å². The Morgan fingerprint density at radius 3 is 2.50 bits per heavy atom. The minimum Gasteiger partial charge on any atom is -0.481 e. The summed E-state index contributed by atoms with van der Waals surface area (Å²) in [6.45, 7) is 3.63. The average molecular weight is 322 g/mol. The number of hydrogen-bond donors (Lipinski definition) is 2. The molecule has 0 bridgehead atoms. The Morgan fingerprint density at radius 2 is 1.79 bits per heavy atom. The van der Waals surface area contributed by atoms with E-state index >= 15 is 0 Å². The topological polar surface area (TPSA) is 92.8 Å². The normalized spacial score (nSPS) is 12.6. The lowest BCUT2D eigenvalue weighted by molar-refractivity contribution is -0.124. The fraction of sp³-hybridized carbons (Fsp3) is 0.167. The maximum absolute atomic E-state index is 12.1. The number of carbonyl (C=O) groups excluding carboxylic acids is 1. The number of nitrogens with zero attached hydrogens (tertiary/aromatic N) is 2. The molecule has 0 spiro atoms. The molecule has 122 valence electrons. The van der Waals surface area contributed by atoms with Crippen molar-refractivity contribution < 1.29 is 9.53 Å². The van der Waals surface area contributed by atoms with E-state index in [0.717, 1.165) is 16.3 Å². The summed E-state index contributed by atoms with van der Waals surface area (Å²) in [7, 11) is 0. The van der Waals surface area contributed by atoms with Crippen molar-refractivity contribution in [2.45, 2.75) is 20.0 Å². The Labute approximate surface area is 139 Å². The number of nitrogen functional groups attached to an aromatic ring is 1. The number of azo groups is 1. The van der Waals surface area contributed by atoms with Crippen LogP contribution in [0.4, 0.5) is 11.6 Å². The first-order chi connectivity index (χ1) is 11.5. The predicted molar refractivity (Wildman–Crippen MR) is 93.5 cm³/mol. The maximum Gasteiger partial charge on any atom is 0.304 e. The number of ether oxygens (including phenoxy) is 1. The Balaban J connectivity index is 1.73. The highest BCUT2D eigenvalue weighted by molar-refractivity contribution is 5.99. The molecule has 1 aromatic heterocycles. The highest BCUT2D eigenvalue weighted by Crippen LogP contribution is 2.30. The smallest absolute Gasteiger partial charge is 0.304 e. The van der Waals surface area contributed by atoms with Gasteiger partial charge in [0.1, 0.15) is 11.6 Å². The van der Waals surface area contributed by atoms with Gasteiger partial charge in [-0.2, -0.15) is 0 Å². The number of fused-ring (bicyclic) bond motifs is 1. The first-order valence-electron chi connectivity index (χ1n) is 7.59. The lowest BCUT2D eigenvalue weighted by Crippen LogP contribution is -2.21. The third-order valence-electron chi connectivity index (χ3n) is 3.66. The van der Waals surface area contributed by atoms with Crippen molar-refractivity contribution in [1.82, 2.24) is 4.98 Å². The number of anilines is 1. The van der Waals surface area contributed by atoms with Crippen LogP contribution in [0.3, 0.4) is 0 Å². The minimum absolute atomic E-state index is 0.457. The molecule has 0 radical (unpaired) electrons. The summed E-state index contributed by atoms with van der Waals surface area (Å²) in [5.74, 6) is 1.11. The number of rotatable bonds is 4. The molecular weight excluding hydrogens is 304 g/mol. The summed E-state index contributed by atoms with van der Waals surface area (Å²) in [5.41, 5.74) is 7.01. The first-order valence-corrected chi connectivity index (χ1v) is 7.59. The van der Waals surface area contributed by atoms with Crippen molar-refractivity contribution in [3.63, 3.8) is 0 Å². The summed E-state index contributed by atoms with van der Waals surface area (Å²) in [6, 6.07) is 15.0. The van der Waals surface area contributed by atoms with Crippen molar-refractivity contribution in [1.29, 1.82) is 0 Å². The van der Waals surface area contributed by atoms with Gasteiger partial charge in [-0.25, -0.2) is 0 Å². The number of aryl methyl sites for hydroxylation is 1. The van der Waals surface area contributed by atoms with E-state index in [1.807, 2.05) is 55.5 Å². The minimum atomic E-state index is -0.727. The standard InChI is InChI=1S/C18H18N4O2/c1-11-7-9-13(10-8-11)24-12(2)18(23)22-21-17-15-6-4-3-5-14(15)16(19)20-17/h3-10,12,20H,19H2,1-2H3/t12-/m0/s1. The van der Waals surface area contributed by atoms with Crippen LogP contribution >= 0.6 is 0 Å². The highest BCUT2D eigenvalue weighted by Gasteiger charge is 2.15. The van der Waals surface area contributed by atoms with Crippen LogP contribution in [0.2, 0.25) is 0 Å². The second-order valence-electron chi connectivity index (χ2n) is 5.54. The molecule has 6 heteroatoms. The summed E-state index contributed by atoms with van der Waals surface area (Å²) >= 11 is 0. The molecule has 0 fully saturated rings. The van der Waals surface area contributed by atoms with Gasteiger partial charge in [-0.05, 0) is 26.0 Å². The van der Waals surface area contributed by atoms with E-state index < -0.39 is 12.0 Å². The number of hydrogen-bond acceptors (Lipinski definition) is 4. The second kappa shape index (κ2) is 6.54. The molecule has 0 saturated heterocycles. The molecule has 0 saturated carbocycles. The number of amides is 1. The molecule has 0 unspecified atom stereocenters. The van der Waals surface area contributed by atoms with E-state index in [9.17, 15) is 4.79 Å². The number of aromatic amines is 1. The Morgan fingerprint density at radius 1 is 1.12 bits per heavy atom. The highest BCUT2D eigenvalue weighted by atomic mass is 16.5. The molecule has 0 aliphatic rings. The molecule has 1 amide bonds. The third-order valence-corrected chi connectivity index (χ3v) is 3.66. The van der Waals surface area contributed by atoms with E-state index in [0.29, 0.717) is 17.4 Å². The van der Waals surface area contributed by atoms with Crippen LogP contribution in [-0.2, 0) is 4.79 Å². The van der Waals surface area contributed by atoms with E-state index in [1.54, 1.807) is 6.92 Å². The summed E-state index contributed by atoms with van der Waals surface area (Å²) in [5, 5.41) is 9.41. The van der Waals surface area contributed by atoms with Gasteiger partial charge in [-0.1, -0.05) is 42.0 Å². The van der Waals surface area contributed by atoms with Gasteiger partial charge in [-0.3, -0.25) is 4.79 Å². The predicted octanol–water partition coefficient (Wildman–Crippen LogP) is 4.14. The van der Waals surface area contributed by atoms with Crippen LogP contribution in [0.5, 0.6) is 5.75 Å². The van der Waals surface area contributed by atoms with Crippen molar-refractivity contribution in [3.8, 4) is 5.75 Å². The van der Waals surface area contributed by atoms with Crippen molar-refractivity contribution in [3.05, 3.63) is 54.1 Å². The van der Waals surface area contributed by atoms with Gasteiger partial charge >= 0.3 is 5.91 Å². The van der Waals surface area contributed by atoms with Crippen LogP contribution in [0, 0.1) is 6.92 Å². The average Bonchev–Trinajstić information content (AvgIpc) is 2.91. The largest absolute Gasteiger partial charge is 0.481 e. The van der Waals surface area contributed by atoms with Gasteiger partial charge in [0, 0.05) is 10.8 Å². The van der Waals surface area contributed by atoms with Gasteiger partial charge in [0.2, 0.25) is 0 Å². The molecule has 3 aromatic rings. The summed E-state index contributed by atoms with van der Waals surface area (Å²) in [6.07, 6.45) is -0.727. The van der Waals surface area contributed by atoms with Gasteiger partial charge in [-0.15, -0.1) is 10.2 Å². The second-order valence-corrected chi connectivity index (χ2v) is 5.54. The molecule has 6 nitrogen and oxygen atoms in total. The molecule has 0 aliphatic heterocycles. The molecule has 1 heterocycles. The van der Waals surface area contributed by atoms with Crippen LogP contribution in [-0.4, -0.2) is 17.0 Å². The van der Waals surface area contributed by atoms with Crippen LogP contribution in [0.25, 0.3) is 10.8 Å². The fourth-order valence-corrected chi connectivity index (χ4v) is 2.32. The quantitative estimate of drug-likeness (QED) is 0.707. The Hall–Kier alpha value is -3.15. The number of H-pyrrole nitrogens is 1. The van der Waals surface area contributed by atoms with Gasteiger partial charge < -0.3 is 15.5 Å². The summed E-state index contributed by atoms with van der Waals surface area (Å²) < 4.78 is 5.57. The van der Waals surface area contributed by atoms with Crippen molar-refractivity contribution in [2.24, 2.45) is 10.2 Å². The molecule has 0 aliphatic carbocycles. The molecule has 3 rings (SSSR count). The van der Waals surface area contributed by atoms with Crippen LogP contribution in [0.15, 0.2) is 58.8 Å². The van der Waals surface area contributed by atoms with Crippen LogP contribution < -0.4 is 10.5 Å². The molecule has 2 aromatic carbocycles. The lowest BCUT2D eigenvalue weighted by atomic mass is 10.2.